The van der Waals surface area contributed by atoms with Crippen molar-refractivity contribution in [3.8, 4) is 23.3 Å². The Bertz CT molecular complexity index is 2160. The Kier molecular flexibility index (Phi) is 11.3. The van der Waals surface area contributed by atoms with Crippen molar-refractivity contribution in [1.82, 2.24) is 19.5 Å². The molecular formula is C37H36N4O8S2. The summed E-state index contributed by atoms with van der Waals surface area (Å²) in [6, 6.07) is 21.5. The fourth-order valence-corrected chi connectivity index (χ4v) is 6.89. The second-order valence-corrected chi connectivity index (χ2v) is 13.9. The third-order valence-electron chi connectivity index (χ3n) is 8.16. The van der Waals surface area contributed by atoms with Gasteiger partial charge >= 0.3 is 9.75 Å². The zero-order valence-corrected chi connectivity index (χ0v) is 29.2. The van der Waals surface area contributed by atoms with E-state index >= 15 is 0 Å². The highest BCUT2D eigenvalue weighted by Crippen LogP contribution is 2.26. The van der Waals surface area contributed by atoms with E-state index in [-0.39, 0.29) is 41.3 Å². The molecule has 2 unspecified atom stereocenters. The molecule has 0 bridgehead atoms. The van der Waals surface area contributed by atoms with Crippen LogP contribution in [0.5, 0.6) is 23.3 Å². The molecule has 4 heterocycles. The van der Waals surface area contributed by atoms with Crippen LogP contribution >= 0.6 is 22.7 Å². The van der Waals surface area contributed by atoms with Crippen LogP contribution in [0, 0.1) is 0 Å². The summed E-state index contributed by atoms with van der Waals surface area (Å²) in [5.74, 6) is 0.879. The first-order valence-electron chi connectivity index (χ1n) is 16.2. The number of aromatic amines is 1. The SMILES string of the molecule is CCc1ccc(C(O)COc2ccc(Cc3sc(=O)n(Cc4ccc(C(O)COc5ccc(Cc6sc(=O)[nH]c6O)cc5)nc4)c3O)cc2)nc1. The average molecular weight is 729 g/mol. The van der Waals surface area contributed by atoms with Crippen LogP contribution in [0.3, 0.4) is 0 Å². The van der Waals surface area contributed by atoms with E-state index in [0.717, 1.165) is 45.8 Å². The molecule has 2 aromatic carbocycles. The number of aryl methyl sites for hydroxylation is 1. The molecule has 51 heavy (non-hydrogen) atoms. The summed E-state index contributed by atoms with van der Waals surface area (Å²) < 4.78 is 12.8. The van der Waals surface area contributed by atoms with Gasteiger partial charge in [-0.25, -0.2) is 0 Å². The molecule has 0 fully saturated rings. The highest BCUT2D eigenvalue weighted by molar-refractivity contribution is 7.09. The van der Waals surface area contributed by atoms with Crippen molar-refractivity contribution in [3.05, 3.63) is 148 Å². The molecule has 0 aliphatic carbocycles. The maximum absolute atomic E-state index is 12.8. The molecular weight excluding hydrogens is 693 g/mol. The van der Waals surface area contributed by atoms with E-state index in [1.807, 2.05) is 37.3 Å². The Labute approximate surface area is 300 Å². The number of nitrogens with zero attached hydrogens (tertiary/aromatic N) is 3. The molecule has 0 saturated carbocycles. The van der Waals surface area contributed by atoms with Gasteiger partial charge in [-0.1, -0.05) is 66.0 Å². The summed E-state index contributed by atoms with van der Waals surface area (Å²) in [4.78, 5) is 35.7. The monoisotopic (exact) mass is 728 g/mol. The summed E-state index contributed by atoms with van der Waals surface area (Å²) in [7, 11) is 0. The Morgan fingerprint density at radius 2 is 1.22 bits per heavy atom. The Morgan fingerprint density at radius 3 is 1.69 bits per heavy atom. The summed E-state index contributed by atoms with van der Waals surface area (Å²) in [6.07, 6.45) is 3.05. The minimum absolute atomic E-state index is 0.0416. The lowest BCUT2D eigenvalue weighted by atomic mass is 10.1. The molecule has 5 N–H and O–H groups in total. The van der Waals surface area contributed by atoms with Crippen LogP contribution in [-0.2, 0) is 25.8 Å². The minimum atomic E-state index is -1.01. The first-order chi connectivity index (χ1) is 24.6. The van der Waals surface area contributed by atoms with Gasteiger partial charge in [0.25, 0.3) is 0 Å². The maximum atomic E-state index is 12.8. The normalized spacial score (nSPS) is 12.5. The van der Waals surface area contributed by atoms with Gasteiger partial charge in [-0.15, -0.1) is 0 Å². The first-order valence-corrected chi connectivity index (χ1v) is 17.8. The van der Waals surface area contributed by atoms with Crippen LogP contribution in [0.1, 0.15) is 62.5 Å². The molecule has 0 aliphatic heterocycles. The number of aromatic hydroxyl groups is 2. The number of aliphatic hydroxyl groups is 2. The Morgan fingerprint density at radius 1 is 0.706 bits per heavy atom. The van der Waals surface area contributed by atoms with Gasteiger partial charge in [0.2, 0.25) is 11.8 Å². The molecule has 0 spiro atoms. The number of hydrogen-bond acceptors (Lipinski definition) is 12. The zero-order chi connectivity index (χ0) is 35.9. The first kappa shape index (κ1) is 35.5. The van der Waals surface area contributed by atoms with Crippen molar-refractivity contribution in [2.75, 3.05) is 13.2 Å². The van der Waals surface area contributed by atoms with Gasteiger partial charge in [0.05, 0.1) is 27.7 Å². The molecule has 0 radical (unpaired) electrons. The van der Waals surface area contributed by atoms with E-state index in [1.54, 1.807) is 54.9 Å². The standard InChI is InChI=1S/C37H36N4O8S2/c1-2-22-7-13-28(38-17-22)30(42)20-48-27-11-5-24(6-12-27)16-33-35(45)41(37(47)51-33)19-25-8-14-29(39-18-25)31(43)21-49-26-9-3-23(4-10-26)15-32-34(44)40-36(46)50-32/h3-14,17-18,30-31,42-45H,2,15-16,19-21H2,1H3,(H,40,46). The van der Waals surface area contributed by atoms with Crippen molar-refractivity contribution in [1.29, 1.82) is 0 Å². The molecule has 264 valence electrons. The van der Waals surface area contributed by atoms with E-state index in [2.05, 4.69) is 15.0 Å². The topological polar surface area (TPSA) is 180 Å². The predicted octanol–water partition coefficient (Wildman–Crippen LogP) is 4.88. The van der Waals surface area contributed by atoms with Crippen LogP contribution in [-0.4, -0.2) is 53.2 Å². The number of ether oxygens (including phenoxy) is 2. The fraction of sp³-hybridized carbons (Fsp3) is 0.243. The number of hydrogen-bond donors (Lipinski definition) is 5. The van der Waals surface area contributed by atoms with Gasteiger partial charge in [-0.2, -0.15) is 0 Å². The second-order valence-electron chi connectivity index (χ2n) is 11.8. The largest absolute Gasteiger partial charge is 0.494 e. The molecule has 0 aliphatic rings. The van der Waals surface area contributed by atoms with Gasteiger partial charge in [0.1, 0.15) is 36.9 Å². The van der Waals surface area contributed by atoms with Crippen molar-refractivity contribution >= 4 is 22.7 Å². The lowest BCUT2D eigenvalue weighted by Crippen LogP contribution is -2.14. The molecule has 0 saturated heterocycles. The number of benzene rings is 2. The number of nitrogens with one attached hydrogen (secondary N) is 1. The van der Waals surface area contributed by atoms with E-state index in [9.17, 15) is 30.0 Å². The number of aromatic nitrogens is 4. The maximum Gasteiger partial charge on any atom is 0.310 e. The highest BCUT2D eigenvalue weighted by Gasteiger charge is 2.17. The number of thiazole rings is 2. The van der Waals surface area contributed by atoms with Gasteiger partial charge < -0.3 is 29.9 Å². The predicted molar refractivity (Wildman–Crippen MR) is 193 cm³/mol. The lowest BCUT2D eigenvalue weighted by Gasteiger charge is -2.13. The quantitative estimate of drug-likeness (QED) is 0.0979. The van der Waals surface area contributed by atoms with Crippen LogP contribution < -0.4 is 19.2 Å². The zero-order valence-electron chi connectivity index (χ0n) is 27.6. The van der Waals surface area contributed by atoms with E-state index < -0.39 is 12.2 Å². The molecule has 0 amide bonds. The van der Waals surface area contributed by atoms with E-state index in [4.69, 9.17) is 9.47 Å². The van der Waals surface area contributed by atoms with Gasteiger partial charge in [-0.05, 0) is 65.1 Å². The van der Waals surface area contributed by atoms with Crippen LogP contribution in [0.4, 0.5) is 0 Å². The summed E-state index contributed by atoms with van der Waals surface area (Å²) in [5.41, 5.74) is 4.45. The van der Waals surface area contributed by atoms with Crippen molar-refractivity contribution in [3.63, 3.8) is 0 Å². The number of rotatable bonds is 15. The van der Waals surface area contributed by atoms with E-state index in [1.165, 1.54) is 4.57 Å². The van der Waals surface area contributed by atoms with Crippen molar-refractivity contribution in [2.45, 2.75) is 44.9 Å². The molecule has 6 aromatic rings. The molecule has 14 heteroatoms. The smallest absolute Gasteiger partial charge is 0.310 e. The fourth-order valence-electron chi connectivity index (χ4n) is 5.22. The lowest BCUT2D eigenvalue weighted by molar-refractivity contribution is 0.104. The summed E-state index contributed by atoms with van der Waals surface area (Å²) in [5, 5.41) is 41.8. The van der Waals surface area contributed by atoms with Crippen LogP contribution in [0.2, 0.25) is 0 Å². The third-order valence-corrected chi connectivity index (χ3v) is 10.00. The van der Waals surface area contributed by atoms with Gasteiger partial charge in [0, 0.05) is 25.2 Å². The Hall–Kier alpha value is -5.28. The molecule has 6 rings (SSSR count). The second kappa shape index (κ2) is 16.2. The summed E-state index contributed by atoms with van der Waals surface area (Å²) >= 11 is 1.93. The molecule has 12 nitrogen and oxygen atoms in total. The average Bonchev–Trinajstić information content (AvgIpc) is 3.61. The number of pyridine rings is 2. The van der Waals surface area contributed by atoms with Crippen LogP contribution in [0.15, 0.2) is 94.8 Å². The number of aliphatic hydroxyl groups excluding tert-OH is 2. The van der Waals surface area contributed by atoms with Crippen LogP contribution in [0.25, 0.3) is 0 Å². The van der Waals surface area contributed by atoms with Gasteiger partial charge in [0.15, 0.2) is 0 Å². The van der Waals surface area contributed by atoms with Crippen molar-refractivity contribution < 1.29 is 29.9 Å². The highest BCUT2D eigenvalue weighted by atomic mass is 32.1. The molecule has 4 aromatic heterocycles. The Balaban J connectivity index is 0.988. The van der Waals surface area contributed by atoms with Gasteiger partial charge in [-0.3, -0.25) is 29.1 Å². The minimum Gasteiger partial charge on any atom is -0.494 e. The molecule has 2 atom stereocenters. The third kappa shape index (κ3) is 9.10. The number of H-pyrrole nitrogens is 1. The van der Waals surface area contributed by atoms with Crippen molar-refractivity contribution in [2.24, 2.45) is 0 Å². The van der Waals surface area contributed by atoms with E-state index in [0.29, 0.717) is 51.0 Å². The summed E-state index contributed by atoms with van der Waals surface area (Å²) in [6.45, 7) is 2.16.